The van der Waals surface area contributed by atoms with Crippen LogP contribution in [0.25, 0.3) is 0 Å². The monoisotopic (exact) mass is 238 g/mol. The van der Waals surface area contributed by atoms with Crippen LogP contribution in [0.3, 0.4) is 0 Å². The van der Waals surface area contributed by atoms with Crippen LogP contribution in [0.1, 0.15) is 6.92 Å². The number of hydrogen-bond donors (Lipinski definition) is 2. The summed E-state index contributed by atoms with van der Waals surface area (Å²) in [5, 5.41) is 6.41. The van der Waals surface area contributed by atoms with E-state index in [4.69, 9.17) is 11.6 Å². The molecule has 1 aromatic rings. The summed E-state index contributed by atoms with van der Waals surface area (Å²) in [4.78, 5) is 11.5. The van der Waals surface area contributed by atoms with E-state index in [1.54, 1.807) is 30.3 Å². The summed E-state index contributed by atoms with van der Waals surface area (Å²) < 4.78 is 0. The molecule has 0 saturated carbocycles. The first-order valence-electron chi connectivity index (χ1n) is 5.03. The first-order valence-corrected chi connectivity index (χ1v) is 5.41. The fraction of sp³-hybridized carbons (Fsp3) is 0.250. The van der Waals surface area contributed by atoms with Crippen LogP contribution in [0.2, 0.25) is 5.02 Å². The van der Waals surface area contributed by atoms with E-state index >= 15 is 0 Å². The van der Waals surface area contributed by atoms with Gasteiger partial charge in [-0.15, -0.1) is 6.58 Å². The number of carbonyl (C=O) groups is 1. The second-order valence-electron chi connectivity index (χ2n) is 3.46. The molecule has 1 amide bonds. The van der Waals surface area contributed by atoms with Gasteiger partial charge in [0, 0.05) is 16.8 Å². The minimum atomic E-state index is -0.0870. The van der Waals surface area contributed by atoms with Gasteiger partial charge in [0.05, 0.1) is 6.54 Å². The van der Waals surface area contributed by atoms with Crippen molar-refractivity contribution in [3.8, 4) is 0 Å². The Morgan fingerprint density at radius 2 is 2.12 bits per heavy atom. The zero-order valence-electron chi connectivity index (χ0n) is 9.16. The van der Waals surface area contributed by atoms with E-state index in [-0.39, 0.29) is 18.5 Å². The molecule has 0 radical (unpaired) electrons. The average Bonchev–Trinajstić information content (AvgIpc) is 2.29. The molecule has 0 bridgehead atoms. The third kappa shape index (κ3) is 4.47. The van der Waals surface area contributed by atoms with Crippen molar-refractivity contribution in [3.63, 3.8) is 0 Å². The molecule has 3 nitrogen and oxygen atoms in total. The molecule has 2 N–H and O–H groups in total. The quantitative estimate of drug-likeness (QED) is 0.774. The smallest absolute Gasteiger partial charge is 0.238 e. The van der Waals surface area contributed by atoms with Gasteiger partial charge in [-0.25, -0.2) is 0 Å². The maximum atomic E-state index is 11.5. The fourth-order valence-electron chi connectivity index (χ4n) is 1.08. The van der Waals surface area contributed by atoms with Gasteiger partial charge in [0.15, 0.2) is 0 Å². The Morgan fingerprint density at radius 3 is 2.69 bits per heavy atom. The summed E-state index contributed by atoms with van der Waals surface area (Å²) in [6.45, 7) is 5.82. The van der Waals surface area contributed by atoms with E-state index in [1.165, 1.54) is 0 Å². The Hall–Kier alpha value is -1.32. The van der Waals surface area contributed by atoms with Gasteiger partial charge in [-0.05, 0) is 31.2 Å². The van der Waals surface area contributed by atoms with E-state index in [0.29, 0.717) is 5.02 Å². The van der Waals surface area contributed by atoms with Gasteiger partial charge in [0.2, 0.25) is 5.91 Å². The maximum absolute atomic E-state index is 11.5. The number of anilines is 1. The molecule has 86 valence electrons. The highest BCUT2D eigenvalue weighted by Crippen LogP contribution is 2.12. The van der Waals surface area contributed by atoms with Crippen LogP contribution in [0.15, 0.2) is 36.9 Å². The third-order valence-electron chi connectivity index (χ3n) is 2.07. The zero-order valence-corrected chi connectivity index (χ0v) is 9.92. The molecule has 1 rings (SSSR count). The molecule has 0 aliphatic rings. The lowest BCUT2D eigenvalue weighted by Gasteiger charge is -2.09. The van der Waals surface area contributed by atoms with Crippen LogP contribution in [-0.4, -0.2) is 18.5 Å². The molecule has 0 aliphatic carbocycles. The fourth-order valence-corrected chi connectivity index (χ4v) is 1.20. The van der Waals surface area contributed by atoms with Crippen LogP contribution >= 0.6 is 11.6 Å². The Bertz CT molecular complexity index is 362. The minimum Gasteiger partial charge on any atom is -0.325 e. The number of halogens is 1. The predicted octanol–water partition coefficient (Wildman–Crippen LogP) is 2.44. The normalized spacial score (nSPS) is 11.9. The summed E-state index contributed by atoms with van der Waals surface area (Å²) in [7, 11) is 0. The summed E-state index contributed by atoms with van der Waals surface area (Å²) in [5.74, 6) is -0.0870. The van der Waals surface area contributed by atoms with Gasteiger partial charge in [0.1, 0.15) is 0 Å². The first-order chi connectivity index (χ1) is 7.61. The molecule has 1 atom stereocenters. The number of rotatable bonds is 5. The molecule has 0 fully saturated rings. The second kappa shape index (κ2) is 6.30. The summed E-state index contributed by atoms with van der Waals surface area (Å²) in [5.41, 5.74) is 0.738. The molecule has 4 heteroatoms. The SMILES string of the molecule is C=CC(C)NCC(=O)Nc1ccc(Cl)cc1. The molecular weight excluding hydrogens is 224 g/mol. The van der Waals surface area contributed by atoms with E-state index in [1.807, 2.05) is 6.92 Å². The number of hydrogen-bond acceptors (Lipinski definition) is 2. The number of benzene rings is 1. The zero-order chi connectivity index (χ0) is 12.0. The molecule has 0 aromatic heterocycles. The van der Waals surface area contributed by atoms with Crippen LogP contribution in [-0.2, 0) is 4.79 Å². The summed E-state index contributed by atoms with van der Waals surface area (Å²) >= 11 is 5.73. The van der Waals surface area contributed by atoms with Crippen molar-refractivity contribution in [2.24, 2.45) is 0 Å². The Kier molecular flexibility index (Phi) is 5.02. The third-order valence-corrected chi connectivity index (χ3v) is 2.32. The molecule has 1 unspecified atom stereocenters. The van der Waals surface area contributed by atoms with Crippen molar-refractivity contribution in [2.45, 2.75) is 13.0 Å². The highest BCUT2D eigenvalue weighted by molar-refractivity contribution is 6.30. The lowest BCUT2D eigenvalue weighted by Crippen LogP contribution is -2.33. The van der Waals surface area contributed by atoms with Gasteiger partial charge in [-0.3, -0.25) is 4.79 Å². The van der Waals surface area contributed by atoms with Crippen molar-refractivity contribution >= 4 is 23.2 Å². The van der Waals surface area contributed by atoms with E-state index in [9.17, 15) is 4.79 Å². The van der Waals surface area contributed by atoms with Gasteiger partial charge in [-0.2, -0.15) is 0 Å². The maximum Gasteiger partial charge on any atom is 0.238 e. The van der Waals surface area contributed by atoms with Crippen LogP contribution in [0.4, 0.5) is 5.69 Å². The molecular formula is C12H15ClN2O. The molecule has 0 spiro atoms. The Labute approximate surface area is 100 Å². The van der Waals surface area contributed by atoms with Crippen molar-refractivity contribution in [1.29, 1.82) is 0 Å². The largest absolute Gasteiger partial charge is 0.325 e. The molecule has 1 aromatic carbocycles. The molecule has 0 heterocycles. The van der Waals surface area contributed by atoms with Gasteiger partial charge >= 0.3 is 0 Å². The van der Waals surface area contributed by atoms with Crippen molar-refractivity contribution in [1.82, 2.24) is 5.32 Å². The predicted molar refractivity (Wildman–Crippen MR) is 67.7 cm³/mol. The van der Waals surface area contributed by atoms with Crippen LogP contribution in [0.5, 0.6) is 0 Å². The minimum absolute atomic E-state index is 0.0870. The van der Waals surface area contributed by atoms with Gasteiger partial charge in [0.25, 0.3) is 0 Å². The van der Waals surface area contributed by atoms with E-state index in [0.717, 1.165) is 5.69 Å². The molecule has 16 heavy (non-hydrogen) atoms. The standard InChI is InChI=1S/C12H15ClN2O/c1-3-9(2)14-8-12(16)15-11-6-4-10(13)5-7-11/h3-7,9,14H,1,8H2,2H3,(H,15,16). The molecule has 0 aliphatic heterocycles. The first kappa shape index (κ1) is 12.7. The molecule has 0 saturated heterocycles. The summed E-state index contributed by atoms with van der Waals surface area (Å²) in [6.07, 6.45) is 1.75. The topological polar surface area (TPSA) is 41.1 Å². The number of nitrogens with one attached hydrogen (secondary N) is 2. The second-order valence-corrected chi connectivity index (χ2v) is 3.90. The lowest BCUT2D eigenvalue weighted by atomic mass is 10.3. The highest BCUT2D eigenvalue weighted by Gasteiger charge is 2.03. The Balaban J connectivity index is 2.39. The Morgan fingerprint density at radius 1 is 1.50 bits per heavy atom. The summed E-state index contributed by atoms with van der Waals surface area (Å²) in [6, 6.07) is 7.11. The van der Waals surface area contributed by atoms with Crippen LogP contribution in [0, 0.1) is 0 Å². The lowest BCUT2D eigenvalue weighted by molar-refractivity contribution is -0.115. The number of amides is 1. The van der Waals surface area contributed by atoms with Crippen molar-refractivity contribution < 1.29 is 4.79 Å². The van der Waals surface area contributed by atoms with E-state index < -0.39 is 0 Å². The van der Waals surface area contributed by atoms with Gasteiger partial charge < -0.3 is 10.6 Å². The van der Waals surface area contributed by atoms with E-state index in [2.05, 4.69) is 17.2 Å². The highest BCUT2D eigenvalue weighted by atomic mass is 35.5. The average molecular weight is 239 g/mol. The van der Waals surface area contributed by atoms with Crippen LogP contribution < -0.4 is 10.6 Å². The van der Waals surface area contributed by atoms with Gasteiger partial charge in [-0.1, -0.05) is 17.7 Å². The number of carbonyl (C=O) groups excluding carboxylic acids is 1. The van der Waals surface area contributed by atoms with Crippen molar-refractivity contribution in [3.05, 3.63) is 41.9 Å². The van der Waals surface area contributed by atoms with Crippen molar-refractivity contribution in [2.75, 3.05) is 11.9 Å².